The van der Waals surface area contributed by atoms with Crippen molar-refractivity contribution in [2.45, 2.75) is 71.2 Å². The Morgan fingerprint density at radius 1 is 1.28 bits per heavy atom. The second kappa shape index (κ2) is 12.2. The van der Waals surface area contributed by atoms with Gasteiger partial charge in [0, 0.05) is 17.8 Å². The van der Waals surface area contributed by atoms with E-state index in [0.29, 0.717) is 5.56 Å². The third-order valence-electron chi connectivity index (χ3n) is 4.35. The molecule has 1 aromatic rings. The second-order valence-corrected chi connectivity index (χ2v) is 8.78. The number of nitrogens with zero attached hydrogens (tertiary/aromatic N) is 1. The molecule has 176 valence electrons. The first-order valence-electron chi connectivity index (χ1n) is 10.4. The second-order valence-electron chi connectivity index (χ2n) is 8.41. The molecule has 0 saturated heterocycles. The molecule has 3 unspecified atom stereocenters. The zero-order valence-corrected chi connectivity index (χ0v) is 20.1. The van der Waals surface area contributed by atoms with Crippen molar-refractivity contribution in [3.63, 3.8) is 0 Å². The first-order chi connectivity index (χ1) is 14.9. The number of thiol groups is 1. The number of carbonyl (C=O) groups is 3. The fourth-order valence-corrected chi connectivity index (χ4v) is 3.26. The average Bonchev–Trinajstić information content (AvgIpc) is 2.68. The van der Waals surface area contributed by atoms with Crippen molar-refractivity contribution in [2.24, 2.45) is 0 Å². The average molecular weight is 464 g/mol. The number of rotatable bonds is 9. The van der Waals surface area contributed by atoms with Crippen LogP contribution in [0.2, 0.25) is 0 Å². The van der Waals surface area contributed by atoms with E-state index in [1.54, 1.807) is 32.9 Å². The number of hydrogen-bond donors (Lipinski definition) is 4. The van der Waals surface area contributed by atoms with Crippen LogP contribution in [0, 0.1) is 12.5 Å². The van der Waals surface area contributed by atoms with Crippen LogP contribution in [-0.4, -0.2) is 51.4 Å². The molecule has 0 aliphatic carbocycles. The van der Waals surface area contributed by atoms with E-state index in [9.17, 15) is 19.5 Å². The van der Waals surface area contributed by atoms with Crippen molar-refractivity contribution < 1.29 is 24.2 Å². The molecule has 0 spiro atoms. The lowest BCUT2D eigenvalue weighted by molar-refractivity contribution is -0.138. The Morgan fingerprint density at radius 3 is 2.44 bits per heavy atom. The Hall–Kier alpha value is -2.86. The number of amides is 3. The van der Waals surface area contributed by atoms with Crippen molar-refractivity contribution in [2.75, 3.05) is 5.75 Å². The molecular formula is C23H33N3O5S. The monoisotopic (exact) mass is 463 g/mol. The van der Waals surface area contributed by atoms with Crippen molar-refractivity contribution in [1.29, 1.82) is 0 Å². The molecule has 0 aromatic heterocycles. The number of terminal acetylenes is 1. The summed E-state index contributed by atoms with van der Waals surface area (Å²) in [6, 6.07) is 5.70. The van der Waals surface area contributed by atoms with Gasteiger partial charge in [0.25, 0.3) is 5.91 Å². The van der Waals surface area contributed by atoms with Crippen LogP contribution in [0.5, 0.6) is 5.75 Å². The van der Waals surface area contributed by atoms with Crippen LogP contribution in [0.4, 0.5) is 4.79 Å². The van der Waals surface area contributed by atoms with E-state index in [1.165, 1.54) is 12.1 Å². The lowest BCUT2D eigenvalue weighted by Crippen LogP contribution is -2.52. The standard InChI is InChI=1S/C23H33N3O5S/c1-7-10-15(3)24-20(28)19(16-11-9-12-17(27)13-16)26(8-2)21(29)18(14-32)25-22(30)31-23(4,5)6/h2,9,11-13,15,18-19,27,32H,7,10,14H2,1,3-6H3,(H,24,28)(H,25,30). The number of phenols is 1. The topological polar surface area (TPSA) is 108 Å². The molecule has 1 aromatic carbocycles. The molecule has 3 amide bonds. The van der Waals surface area contributed by atoms with E-state index in [4.69, 9.17) is 11.2 Å². The summed E-state index contributed by atoms with van der Waals surface area (Å²) in [6.07, 6.45) is 6.43. The summed E-state index contributed by atoms with van der Waals surface area (Å²) in [5.74, 6) is -1.36. The Balaban J connectivity index is 3.26. The van der Waals surface area contributed by atoms with E-state index in [-0.39, 0.29) is 17.5 Å². The van der Waals surface area contributed by atoms with Gasteiger partial charge in [-0.1, -0.05) is 31.9 Å². The van der Waals surface area contributed by atoms with Crippen LogP contribution in [0.1, 0.15) is 59.1 Å². The van der Waals surface area contributed by atoms with Gasteiger partial charge in [0.05, 0.1) is 0 Å². The lowest BCUT2D eigenvalue weighted by atomic mass is 10.0. The van der Waals surface area contributed by atoms with Crippen LogP contribution in [-0.2, 0) is 14.3 Å². The summed E-state index contributed by atoms with van der Waals surface area (Å²) in [5.41, 5.74) is -0.438. The molecular weight excluding hydrogens is 430 g/mol. The normalized spacial score (nSPS) is 13.8. The van der Waals surface area contributed by atoms with Gasteiger partial charge in [-0.15, -0.1) is 0 Å². The van der Waals surface area contributed by atoms with Gasteiger partial charge >= 0.3 is 6.09 Å². The van der Waals surface area contributed by atoms with Crippen molar-refractivity contribution in [1.82, 2.24) is 15.5 Å². The first kappa shape index (κ1) is 27.2. The summed E-state index contributed by atoms with van der Waals surface area (Å²) < 4.78 is 5.20. The number of carbonyl (C=O) groups excluding carboxylic acids is 3. The Labute approximate surface area is 195 Å². The summed E-state index contributed by atoms with van der Waals surface area (Å²) in [5, 5.41) is 15.2. The molecule has 3 N–H and O–H groups in total. The molecule has 32 heavy (non-hydrogen) atoms. The minimum atomic E-state index is -1.22. The molecule has 0 aliphatic heterocycles. The first-order valence-corrected chi connectivity index (χ1v) is 11.1. The summed E-state index contributed by atoms with van der Waals surface area (Å²) in [6.45, 7) is 8.92. The highest BCUT2D eigenvalue weighted by atomic mass is 32.1. The van der Waals surface area contributed by atoms with Crippen LogP contribution in [0.15, 0.2) is 24.3 Å². The maximum atomic E-state index is 13.2. The van der Waals surface area contributed by atoms with E-state index in [0.717, 1.165) is 17.7 Å². The summed E-state index contributed by atoms with van der Waals surface area (Å²) in [7, 11) is 0. The number of benzene rings is 1. The highest BCUT2D eigenvalue weighted by molar-refractivity contribution is 7.80. The fourth-order valence-electron chi connectivity index (χ4n) is 3.01. The van der Waals surface area contributed by atoms with Crippen molar-refractivity contribution in [3.8, 4) is 18.2 Å². The summed E-state index contributed by atoms with van der Waals surface area (Å²) in [4.78, 5) is 39.5. The van der Waals surface area contributed by atoms with Crippen LogP contribution >= 0.6 is 12.6 Å². The molecule has 8 nitrogen and oxygen atoms in total. The highest BCUT2D eigenvalue weighted by Gasteiger charge is 2.36. The van der Waals surface area contributed by atoms with Gasteiger partial charge in [0.1, 0.15) is 23.4 Å². The maximum Gasteiger partial charge on any atom is 0.408 e. The predicted molar refractivity (Wildman–Crippen MR) is 126 cm³/mol. The Kier molecular flexibility index (Phi) is 10.4. The molecule has 0 aliphatic rings. The number of phenolic OH excluding ortho intramolecular Hbond substituents is 1. The van der Waals surface area contributed by atoms with Gasteiger partial charge in [0.2, 0.25) is 5.91 Å². The van der Waals surface area contributed by atoms with Crippen LogP contribution in [0.3, 0.4) is 0 Å². The minimum Gasteiger partial charge on any atom is -0.508 e. The Bertz CT molecular complexity index is 847. The SMILES string of the molecule is C#CN(C(=O)C(CS)NC(=O)OC(C)(C)C)C(C(=O)NC(C)CCC)c1cccc(O)c1. The highest BCUT2D eigenvalue weighted by Crippen LogP contribution is 2.25. The largest absolute Gasteiger partial charge is 0.508 e. The Morgan fingerprint density at radius 2 is 1.94 bits per heavy atom. The van der Waals surface area contributed by atoms with Crippen molar-refractivity contribution >= 4 is 30.5 Å². The third-order valence-corrected chi connectivity index (χ3v) is 4.72. The van der Waals surface area contributed by atoms with Crippen LogP contribution < -0.4 is 10.6 Å². The van der Waals surface area contributed by atoms with E-state index in [1.807, 2.05) is 13.8 Å². The molecule has 0 fully saturated rings. The third kappa shape index (κ3) is 8.35. The van der Waals surface area contributed by atoms with Gasteiger partial charge in [-0.3, -0.25) is 14.5 Å². The van der Waals surface area contributed by atoms with Gasteiger partial charge in [0.15, 0.2) is 0 Å². The number of aromatic hydroxyl groups is 1. The van der Waals surface area contributed by atoms with E-state index < -0.39 is 35.6 Å². The zero-order valence-electron chi connectivity index (χ0n) is 19.2. The molecule has 0 heterocycles. The molecule has 1 rings (SSSR count). The van der Waals surface area contributed by atoms with Crippen molar-refractivity contribution in [3.05, 3.63) is 29.8 Å². The molecule has 0 saturated carbocycles. The quantitative estimate of drug-likeness (QED) is 0.256. The fraction of sp³-hybridized carbons (Fsp3) is 0.522. The smallest absolute Gasteiger partial charge is 0.408 e. The number of alkyl carbamates (subject to hydrolysis) is 1. The molecule has 0 bridgehead atoms. The minimum absolute atomic E-state index is 0.0725. The lowest BCUT2D eigenvalue weighted by Gasteiger charge is -2.30. The maximum absolute atomic E-state index is 13.2. The molecule has 9 heteroatoms. The molecule has 3 atom stereocenters. The van der Waals surface area contributed by atoms with E-state index in [2.05, 4.69) is 29.3 Å². The molecule has 0 radical (unpaired) electrons. The van der Waals surface area contributed by atoms with Gasteiger partial charge < -0.3 is 20.5 Å². The zero-order chi connectivity index (χ0) is 24.5. The van der Waals surface area contributed by atoms with Gasteiger partial charge in [-0.05, 0) is 51.8 Å². The predicted octanol–water partition coefficient (Wildman–Crippen LogP) is 2.98. The van der Waals surface area contributed by atoms with Crippen LogP contribution in [0.25, 0.3) is 0 Å². The van der Waals surface area contributed by atoms with Gasteiger partial charge in [-0.2, -0.15) is 12.6 Å². The summed E-state index contributed by atoms with van der Waals surface area (Å²) >= 11 is 4.15. The van der Waals surface area contributed by atoms with Gasteiger partial charge in [-0.25, -0.2) is 4.79 Å². The number of nitrogens with one attached hydrogen (secondary N) is 2. The number of ether oxygens (including phenoxy) is 1. The van der Waals surface area contributed by atoms with E-state index >= 15 is 0 Å². The number of hydrogen-bond acceptors (Lipinski definition) is 6.